The summed E-state index contributed by atoms with van der Waals surface area (Å²) in [5, 5.41) is 12.4. The predicted molar refractivity (Wildman–Crippen MR) is 98.5 cm³/mol. The molecule has 0 aliphatic carbocycles. The standard InChI is InChI=1S/C19H21NO5S/c1-3-19(18(22)23,16-10-5-4-6-11-16)20-17(21)15-9-7-8-14(12-15)13-26(2,24)25/h4-12H,3,13H2,1-2H3,(H,20,21)(H,22,23)/t19-/m1/s1. The van der Waals surface area contributed by atoms with Crippen molar-refractivity contribution in [1.82, 2.24) is 5.32 Å². The fourth-order valence-electron chi connectivity index (χ4n) is 2.79. The van der Waals surface area contributed by atoms with Crippen LogP contribution in [0.3, 0.4) is 0 Å². The summed E-state index contributed by atoms with van der Waals surface area (Å²) in [5.41, 5.74) is -0.417. The largest absolute Gasteiger partial charge is 0.479 e. The number of rotatable bonds is 7. The van der Waals surface area contributed by atoms with Crippen LogP contribution in [0.5, 0.6) is 0 Å². The summed E-state index contributed by atoms with van der Waals surface area (Å²) >= 11 is 0. The van der Waals surface area contributed by atoms with Crippen molar-refractivity contribution >= 4 is 21.7 Å². The molecule has 0 heterocycles. The summed E-state index contributed by atoms with van der Waals surface area (Å²) in [6, 6.07) is 14.7. The minimum Gasteiger partial charge on any atom is -0.479 e. The molecule has 1 amide bonds. The lowest BCUT2D eigenvalue weighted by Gasteiger charge is -2.30. The van der Waals surface area contributed by atoms with Crippen LogP contribution < -0.4 is 5.32 Å². The van der Waals surface area contributed by atoms with Crippen LogP contribution >= 0.6 is 0 Å². The van der Waals surface area contributed by atoms with Gasteiger partial charge in [0.05, 0.1) is 5.75 Å². The normalized spacial score (nSPS) is 13.6. The van der Waals surface area contributed by atoms with Crippen molar-refractivity contribution in [3.63, 3.8) is 0 Å². The van der Waals surface area contributed by atoms with Gasteiger partial charge in [-0.15, -0.1) is 0 Å². The van der Waals surface area contributed by atoms with E-state index >= 15 is 0 Å². The molecule has 0 saturated carbocycles. The second kappa shape index (κ2) is 7.70. The summed E-state index contributed by atoms with van der Waals surface area (Å²) in [6.45, 7) is 1.68. The molecular weight excluding hydrogens is 354 g/mol. The maximum atomic E-state index is 12.7. The van der Waals surface area contributed by atoms with Crippen molar-refractivity contribution in [2.75, 3.05) is 6.26 Å². The molecule has 0 unspecified atom stereocenters. The third-order valence-corrected chi connectivity index (χ3v) is 4.96. The van der Waals surface area contributed by atoms with E-state index in [0.29, 0.717) is 11.1 Å². The molecule has 7 heteroatoms. The minimum atomic E-state index is -3.24. The van der Waals surface area contributed by atoms with Crippen molar-refractivity contribution in [1.29, 1.82) is 0 Å². The molecule has 0 fully saturated rings. The van der Waals surface area contributed by atoms with Gasteiger partial charge in [0, 0.05) is 11.8 Å². The molecule has 0 spiro atoms. The van der Waals surface area contributed by atoms with Crippen LogP contribution in [0.4, 0.5) is 0 Å². The van der Waals surface area contributed by atoms with Gasteiger partial charge in [-0.05, 0) is 29.7 Å². The average Bonchev–Trinajstić information content (AvgIpc) is 2.58. The van der Waals surface area contributed by atoms with Gasteiger partial charge in [0.25, 0.3) is 5.91 Å². The third-order valence-electron chi connectivity index (χ3n) is 4.11. The Bertz CT molecular complexity index is 909. The quantitative estimate of drug-likeness (QED) is 0.774. The fourth-order valence-corrected chi connectivity index (χ4v) is 3.57. The van der Waals surface area contributed by atoms with Gasteiger partial charge in [-0.2, -0.15) is 0 Å². The summed E-state index contributed by atoms with van der Waals surface area (Å²) in [7, 11) is -3.24. The van der Waals surface area contributed by atoms with Gasteiger partial charge >= 0.3 is 5.97 Å². The van der Waals surface area contributed by atoms with Crippen LogP contribution in [0.1, 0.15) is 34.8 Å². The number of aliphatic carboxylic acids is 1. The highest BCUT2D eigenvalue weighted by atomic mass is 32.2. The van der Waals surface area contributed by atoms with Gasteiger partial charge in [-0.25, -0.2) is 13.2 Å². The second-order valence-corrected chi connectivity index (χ2v) is 8.29. The van der Waals surface area contributed by atoms with E-state index in [1.165, 1.54) is 12.1 Å². The molecule has 138 valence electrons. The maximum absolute atomic E-state index is 12.7. The Balaban J connectivity index is 2.37. The Hall–Kier alpha value is -2.67. The Morgan fingerprint density at radius 3 is 2.27 bits per heavy atom. The van der Waals surface area contributed by atoms with Gasteiger partial charge in [0.1, 0.15) is 0 Å². The van der Waals surface area contributed by atoms with Crippen LogP contribution in [0.25, 0.3) is 0 Å². The highest BCUT2D eigenvalue weighted by Gasteiger charge is 2.40. The summed E-state index contributed by atoms with van der Waals surface area (Å²) in [6.07, 6.45) is 1.27. The first-order valence-electron chi connectivity index (χ1n) is 8.06. The van der Waals surface area contributed by atoms with Gasteiger partial charge < -0.3 is 10.4 Å². The molecule has 2 rings (SSSR count). The first kappa shape index (κ1) is 19.7. The van der Waals surface area contributed by atoms with Crippen LogP contribution in [-0.2, 0) is 25.9 Å². The summed E-state index contributed by atoms with van der Waals surface area (Å²) < 4.78 is 22.9. The number of nitrogens with one attached hydrogen (secondary N) is 1. The SMILES string of the molecule is CC[C@](NC(=O)c1cccc(CS(C)(=O)=O)c1)(C(=O)O)c1ccccc1. The van der Waals surface area contributed by atoms with Crippen molar-refractivity contribution in [2.24, 2.45) is 0 Å². The molecule has 0 aromatic heterocycles. The van der Waals surface area contributed by atoms with Crippen LogP contribution in [0.15, 0.2) is 54.6 Å². The first-order valence-corrected chi connectivity index (χ1v) is 10.1. The van der Waals surface area contributed by atoms with E-state index in [4.69, 9.17) is 0 Å². The monoisotopic (exact) mass is 375 g/mol. The van der Waals surface area contributed by atoms with E-state index in [1.807, 2.05) is 0 Å². The van der Waals surface area contributed by atoms with Crippen LogP contribution in [0.2, 0.25) is 0 Å². The Morgan fingerprint density at radius 2 is 1.73 bits per heavy atom. The smallest absolute Gasteiger partial charge is 0.334 e. The minimum absolute atomic E-state index is 0.154. The van der Waals surface area contributed by atoms with Crippen molar-refractivity contribution in [2.45, 2.75) is 24.6 Å². The Morgan fingerprint density at radius 1 is 1.08 bits per heavy atom. The van der Waals surface area contributed by atoms with Gasteiger partial charge in [-0.3, -0.25) is 4.79 Å². The molecular formula is C19H21NO5S. The predicted octanol–water partition coefficient (Wildman–Crippen LogP) is 2.35. The molecule has 26 heavy (non-hydrogen) atoms. The van der Waals surface area contributed by atoms with E-state index in [0.717, 1.165) is 6.26 Å². The average molecular weight is 375 g/mol. The fraction of sp³-hybridized carbons (Fsp3) is 0.263. The molecule has 1 atom stereocenters. The Labute approximate surface area is 152 Å². The number of hydrogen-bond donors (Lipinski definition) is 2. The number of carboxylic acid groups (broad SMARTS) is 1. The zero-order chi connectivity index (χ0) is 19.4. The van der Waals surface area contributed by atoms with E-state index in [9.17, 15) is 23.1 Å². The summed E-state index contributed by atoms with van der Waals surface area (Å²) in [5.74, 6) is -1.93. The molecule has 2 aromatic carbocycles. The summed E-state index contributed by atoms with van der Waals surface area (Å²) in [4.78, 5) is 24.7. The van der Waals surface area contributed by atoms with Crippen molar-refractivity contribution in [3.05, 3.63) is 71.3 Å². The third kappa shape index (κ3) is 4.49. The van der Waals surface area contributed by atoms with E-state index < -0.39 is 27.3 Å². The highest BCUT2D eigenvalue weighted by molar-refractivity contribution is 7.89. The number of sulfone groups is 1. The first-order chi connectivity index (χ1) is 12.2. The second-order valence-electron chi connectivity index (χ2n) is 6.15. The number of carbonyl (C=O) groups is 2. The molecule has 0 aliphatic heterocycles. The molecule has 0 bridgehead atoms. The Kier molecular flexibility index (Phi) is 5.82. The van der Waals surface area contributed by atoms with Crippen molar-refractivity contribution < 1.29 is 23.1 Å². The van der Waals surface area contributed by atoms with Crippen LogP contribution in [0, 0.1) is 0 Å². The molecule has 0 saturated heterocycles. The number of benzene rings is 2. The number of carboxylic acids is 1. The number of carbonyl (C=O) groups excluding carboxylic acids is 1. The topological polar surface area (TPSA) is 101 Å². The molecule has 2 N–H and O–H groups in total. The van der Waals surface area contributed by atoms with Crippen LogP contribution in [-0.4, -0.2) is 31.7 Å². The molecule has 0 aliphatic rings. The molecule has 2 aromatic rings. The van der Waals surface area contributed by atoms with Gasteiger partial charge in [0.2, 0.25) is 0 Å². The molecule has 6 nitrogen and oxygen atoms in total. The van der Waals surface area contributed by atoms with E-state index in [2.05, 4.69) is 5.32 Å². The van der Waals surface area contributed by atoms with Gasteiger partial charge in [0.15, 0.2) is 15.4 Å². The number of amides is 1. The van der Waals surface area contributed by atoms with E-state index in [-0.39, 0.29) is 17.7 Å². The zero-order valence-electron chi connectivity index (χ0n) is 14.6. The number of hydrogen-bond acceptors (Lipinski definition) is 4. The lowest BCUT2D eigenvalue weighted by atomic mass is 9.87. The van der Waals surface area contributed by atoms with Crippen molar-refractivity contribution in [3.8, 4) is 0 Å². The molecule has 0 radical (unpaired) electrons. The lowest BCUT2D eigenvalue weighted by Crippen LogP contribution is -2.51. The zero-order valence-corrected chi connectivity index (χ0v) is 15.4. The maximum Gasteiger partial charge on any atom is 0.334 e. The van der Waals surface area contributed by atoms with E-state index in [1.54, 1.807) is 49.4 Å². The van der Waals surface area contributed by atoms with Gasteiger partial charge in [-0.1, -0.05) is 49.4 Å². The lowest BCUT2D eigenvalue weighted by molar-refractivity contribution is -0.145. The highest BCUT2D eigenvalue weighted by Crippen LogP contribution is 2.26.